The molecule has 1 saturated heterocycles. The van der Waals surface area contributed by atoms with Crippen LogP contribution in [0.2, 0.25) is 0 Å². The lowest BCUT2D eigenvalue weighted by atomic mass is 9.99. The number of ether oxygens (including phenoxy) is 2. The molecule has 0 aromatic heterocycles. The zero-order valence-corrected chi connectivity index (χ0v) is 20.2. The number of rotatable bonds is 9. The molecule has 2 aliphatic heterocycles. The van der Waals surface area contributed by atoms with Crippen LogP contribution in [0.15, 0.2) is 48.2 Å². The van der Waals surface area contributed by atoms with Gasteiger partial charge in [-0.2, -0.15) is 0 Å². The first-order valence-electron chi connectivity index (χ1n) is 12.0. The second-order valence-corrected chi connectivity index (χ2v) is 8.70. The summed E-state index contributed by atoms with van der Waals surface area (Å²) < 4.78 is 11.0. The van der Waals surface area contributed by atoms with Crippen molar-refractivity contribution < 1.29 is 19.1 Å². The number of carbonyl (C=O) groups excluding carboxylic acids is 2. The molecule has 2 amide bonds. The Kier molecular flexibility index (Phi) is 7.65. The first-order valence-corrected chi connectivity index (χ1v) is 12.0. The molecule has 0 atom stereocenters. The summed E-state index contributed by atoms with van der Waals surface area (Å²) in [5, 5.41) is 3.23. The SMILES string of the molecule is CCOc1cccc(NC2=C(c3ccc(C)c(C)c3)C(=O)N(CCCN3CCOCC3)C2=O)c1. The molecule has 0 spiro atoms. The van der Waals surface area contributed by atoms with Crippen molar-refractivity contribution in [3.05, 3.63) is 64.9 Å². The predicted molar refractivity (Wildman–Crippen MR) is 133 cm³/mol. The molecular weight excluding hydrogens is 430 g/mol. The van der Waals surface area contributed by atoms with E-state index in [1.165, 1.54) is 4.90 Å². The van der Waals surface area contributed by atoms with E-state index in [1.807, 2.05) is 63.2 Å². The lowest BCUT2D eigenvalue weighted by Crippen LogP contribution is -2.39. The topological polar surface area (TPSA) is 71.1 Å². The molecule has 1 N–H and O–H groups in total. The van der Waals surface area contributed by atoms with Crippen LogP contribution < -0.4 is 10.1 Å². The molecule has 180 valence electrons. The predicted octanol–water partition coefficient (Wildman–Crippen LogP) is 3.62. The van der Waals surface area contributed by atoms with Crippen LogP contribution in [-0.4, -0.2) is 67.6 Å². The van der Waals surface area contributed by atoms with Crippen LogP contribution in [0.25, 0.3) is 5.57 Å². The molecular formula is C27H33N3O4. The molecule has 2 aromatic rings. The van der Waals surface area contributed by atoms with Gasteiger partial charge in [-0.1, -0.05) is 24.3 Å². The smallest absolute Gasteiger partial charge is 0.278 e. The van der Waals surface area contributed by atoms with Crippen LogP contribution in [0, 0.1) is 13.8 Å². The molecule has 7 heteroatoms. The number of anilines is 1. The van der Waals surface area contributed by atoms with Crippen molar-refractivity contribution in [3.8, 4) is 5.75 Å². The normalized spacial score (nSPS) is 17.0. The van der Waals surface area contributed by atoms with Crippen molar-refractivity contribution >= 4 is 23.1 Å². The molecule has 0 unspecified atom stereocenters. The standard InChI is InChI=1S/C27H33N3O4/c1-4-34-23-8-5-7-22(18-23)28-25-24(21-10-9-19(2)20(3)17-21)26(31)30(27(25)32)12-6-11-29-13-15-33-16-14-29/h5,7-10,17-18,28H,4,6,11-16H2,1-3H3. The Bertz CT molecular complexity index is 1090. The number of benzene rings is 2. The highest BCUT2D eigenvalue weighted by atomic mass is 16.5. The summed E-state index contributed by atoms with van der Waals surface area (Å²) >= 11 is 0. The van der Waals surface area contributed by atoms with Gasteiger partial charge in [-0.05, 0) is 56.0 Å². The summed E-state index contributed by atoms with van der Waals surface area (Å²) in [6.07, 6.45) is 0.727. The van der Waals surface area contributed by atoms with Crippen molar-refractivity contribution in [2.24, 2.45) is 0 Å². The van der Waals surface area contributed by atoms with E-state index in [0.717, 1.165) is 56.0 Å². The average Bonchev–Trinajstić information content (AvgIpc) is 3.06. The van der Waals surface area contributed by atoms with Gasteiger partial charge < -0.3 is 14.8 Å². The average molecular weight is 464 g/mol. The number of nitrogens with one attached hydrogen (secondary N) is 1. The van der Waals surface area contributed by atoms with Gasteiger partial charge in [0.05, 0.1) is 25.4 Å². The van der Waals surface area contributed by atoms with Crippen molar-refractivity contribution in [2.75, 3.05) is 51.3 Å². The lowest BCUT2D eigenvalue weighted by Gasteiger charge is -2.27. The summed E-state index contributed by atoms with van der Waals surface area (Å²) in [7, 11) is 0. The van der Waals surface area contributed by atoms with E-state index in [9.17, 15) is 9.59 Å². The Morgan fingerprint density at radius 1 is 0.971 bits per heavy atom. The molecule has 0 aliphatic carbocycles. The van der Waals surface area contributed by atoms with Crippen LogP contribution >= 0.6 is 0 Å². The van der Waals surface area contributed by atoms with Gasteiger partial charge in [-0.25, -0.2) is 0 Å². The summed E-state index contributed by atoms with van der Waals surface area (Å²) in [6, 6.07) is 13.3. The molecule has 2 aromatic carbocycles. The van der Waals surface area contributed by atoms with Gasteiger partial charge in [0, 0.05) is 37.9 Å². The highest BCUT2D eigenvalue weighted by Gasteiger charge is 2.39. The van der Waals surface area contributed by atoms with Gasteiger partial charge in [0.25, 0.3) is 11.8 Å². The van der Waals surface area contributed by atoms with Crippen LogP contribution in [-0.2, 0) is 14.3 Å². The Balaban J connectivity index is 1.59. The van der Waals surface area contributed by atoms with Gasteiger partial charge >= 0.3 is 0 Å². The number of aryl methyl sites for hydroxylation is 2. The third-order valence-electron chi connectivity index (χ3n) is 6.34. The second-order valence-electron chi connectivity index (χ2n) is 8.70. The minimum absolute atomic E-state index is 0.251. The van der Waals surface area contributed by atoms with Crippen LogP contribution in [0.3, 0.4) is 0 Å². The van der Waals surface area contributed by atoms with Crippen LogP contribution in [0.5, 0.6) is 5.75 Å². The largest absolute Gasteiger partial charge is 0.494 e. The Hall–Kier alpha value is -3.16. The molecule has 0 bridgehead atoms. The fourth-order valence-electron chi connectivity index (χ4n) is 4.31. The highest BCUT2D eigenvalue weighted by molar-refractivity contribution is 6.36. The van der Waals surface area contributed by atoms with Gasteiger partial charge in [-0.3, -0.25) is 19.4 Å². The van der Waals surface area contributed by atoms with Crippen molar-refractivity contribution in [2.45, 2.75) is 27.2 Å². The molecule has 34 heavy (non-hydrogen) atoms. The Labute approximate surface area is 201 Å². The molecule has 4 rings (SSSR count). The van der Waals surface area contributed by atoms with Gasteiger partial charge in [0.1, 0.15) is 11.4 Å². The summed E-state index contributed by atoms with van der Waals surface area (Å²) in [5.41, 5.74) is 4.41. The van der Waals surface area contributed by atoms with E-state index >= 15 is 0 Å². The monoisotopic (exact) mass is 463 g/mol. The number of hydrogen-bond acceptors (Lipinski definition) is 6. The van der Waals surface area contributed by atoms with Crippen molar-refractivity contribution in [1.29, 1.82) is 0 Å². The van der Waals surface area contributed by atoms with E-state index in [-0.39, 0.29) is 11.8 Å². The fourth-order valence-corrected chi connectivity index (χ4v) is 4.31. The molecule has 7 nitrogen and oxygen atoms in total. The summed E-state index contributed by atoms with van der Waals surface area (Å²) in [5.74, 6) is 0.167. The summed E-state index contributed by atoms with van der Waals surface area (Å²) in [6.45, 7) is 11.0. The number of carbonyl (C=O) groups is 2. The number of hydrogen-bond donors (Lipinski definition) is 1. The number of morpholine rings is 1. The minimum Gasteiger partial charge on any atom is -0.494 e. The van der Waals surface area contributed by atoms with E-state index < -0.39 is 0 Å². The highest BCUT2D eigenvalue weighted by Crippen LogP contribution is 2.32. The maximum Gasteiger partial charge on any atom is 0.278 e. The van der Waals surface area contributed by atoms with E-state index in [4.69, 9.17) is 9.47 Å². The number of imide groups is 1. The minimum atomic E-state index is -0.290. The maximum atomic E-state index is 13.5. The van der Waals surface area contributed by atoms with Crippen molar-refractivity contribution in [3.63, 3.8) is 0 Å². The number of amides is 2. The molecule has 2 heterocycles. The summed E-state index contributed by atoms with van der Waals surface area (Å²) in [4.78, 5) is 30.7. The van der Waals surface area contributed by atoms with E-state index in [0.29, 0.717) is 35.9 Å². The van der Waals surface area contributed by atoms with E-state index in [1.54, 1.807) is 0 Å². The molecule has 0 radical (unpaired) electrons. The van der Waals surface area contributed by atoms with Gasteiger partial charge in [-0.15, -0.1) is 0 Å². The maximum absolute atomic E-state index is 13.5. The third-order valence-corrected chi connectivity index (χ3v) is 6.34. The second kappa shape index (κ2) is 10.8. The zero-order valence-electron chi connectivity index (χ0n) is 20.2. The molecule has 0 saturated carbocycles. The van der Waals surface area contributed by atoms with E-state index in [2.05, 4.69) is 10.2 Å². The van der Waals surface area contributed by atoms with Gasteiger partial charge in [0.15, 0.2) is 0 Å². The third kappa shape index (κ3) is 5.32. The van der Waals surface area contributed by atoms with Crippen LogP contribution in [0.4, 0.5) is 5.69 Å². The quantitative estimate of drug-likeness (QED) is 0.573. The molecule has 2 aliphatic rings. The fraction of sp³-hybridized carbons (Fsp3) is 0.407. The van der Waals surface area contributed by atoms with Crippen molar-refractivity contribution in [1.82, 2.24) is 9.80 Å². The zero-order chi connectivity index (χ0) is 24.1. The first kappa shape index (κ1) is 24.0. The molecule has 1 fully saturated rings. The first-order chi connectivity index (χ1) is 16.5. The Morgan fingerprint density at radius 2 is 1.76 bits per heavy atom. The van der Waals surface area contributed by atoms with Crippen LogP contribution in [0.1, 0.15) is 30.0 Å². The Morgan fingerprint density at radius 3 is 2.50 bits per heavy atom. The lowest BCUT2D eigenvalue weighted by molar-refractivity contribution is -0.136. The van der Waals surface area contributed by atoms with Gasteiger partial charge in [0.2, 0.25) is 0 Å². The number of nitrogens with zero attached hydrogens (tertiary/aromatic N) is 2.